The number of benzene rings is 2. The van der Waals surface area contributed by atoms with Gasteiger partial charge in [-0.15, -0.1) is 0 Å². The number of aliphatic imine (C=N–C) groups is 1. The van der Waals surface area contributed by atoms with E-state index in [4.69, 9.17) is 9.72 Å². The van der Waals surface area contributed by atoms with Crippen molar-refractivity contribution < 1.29 is 4.74 Å². The molecule has 2 heterocycles. The molecule has 0 bridgehead atoms. The predicted molar refractivity (Wildman–Crippen MR) is 117 cm³/mol. The van der Waals surface area contributed by atoms with E-state index in [-0.39, 0.29) is 6.10 Å². The molecule has 4 rings (SSSR count). The first-order valence-electron chi connectivity index (χ1n) is 10.1. The Morgan fingerprint density at radius 2 is 2.07 bits per heavy atom. The lowest BCUT2D eigenvalue weighted by Gasteiger charge is -2.35. The van der Waals surface area contributed by atoms with Crippen molar-refractivity contribution >= 4 is 17.0 Å². The molecule has 0 spiro atoms. The molecule has 0 radical (unpaired) electrons. The lowest BCUT2D eigenvalue weighted by molar-refractivity contribution is -0.00835. The highest BCUT2D eigenvalue weighted by Gasteiger charge is 2.25. The SMILES string of the molecule is CN=C(NCc1nc2ccccc2n1C)N1CCOC(c2ccc(C)cc2C)C1. The molecule has 0 amide bonds. The van der Waals surface area contributed by atoms with Crippen LogP contribution in [0.25, 0.3) is 11.0 Å². The van der Waals surface area contributed by atoms with Crippen molar-refractivity contribution in [3.8, 4) is 0 Å². The number of morpholine rings is 1. The van der Waals surface area contributed by atoms with E-state index in [1.54, 1.807) is 0 Å². The van der Waals surface area contributed by atoms with Gasteiger partial charge in [-0.05, 0) is 37.1 Å². The molecule has 1 fully saturated rings. The molecule has 0 aliphatic carbocycles. The number of nitrogens with zero attached hydrogens (tertiary/aromatic N) is 4. The van der Waals surface area contributed by atoms with E-state index in [1.807, 2.05) is 25.2 Å². The van der Waals surface area contributed by atoms with E-state index in [0.29, 0.717) is 13.2 Å². The highest BCUT2D eigenvalue weighted by atomic mass is 16.5. The summed E-state index contributed by atoms with van der Waals surface area (Å²) in [7, 11) is 3.89. The van der Waals surface area contributed by atoms with Crippen LogP contribution in [0.1, 0.15) is 28.6 Å². The Kier molecular flexibility index (Phi) is 5.53. The molecule has 6 heteroatoms. The third-order valence-corrected chi connectivity index (χ3v) is 5.63. The van der Waals surface area contributed by atoms with Crippen LogP contribution >= 0.6 is 0 Å². The number of imidazole rings is 1. The Bertz CT molecular complexity index is 1040. The number of rotatable bonds is 3. The van der Waals surface area contributed by atoms with E-state index in [9.17, 15) is 0 Å². The fourth-order valence-electron chi connectivity index (χ4n) is 4.06. The Morgan fingerprint density at radius 3 is 2.83 bits per heavy atom. The minimum Gasteiger partial charge on any atom is -0.370 e. The summed E-state index contributed by atoms with van der Waals surface area (Å²) in [5, 5.41) is 3.49. The standard InChI is InChI=1S/C23H29N5O/c1-16-9-10-18(17(2)13-16)21-15-28(11-12-29-21)23(24-3)25-14-22-26-19-7-5-6-8-20(19)27(22)4/h5-10,13,21H,11-12,14-15H2,1-4H3,(H,24,25). The molecule has 1 aromatic heterocycles. The van der Waals surface area contributed by atoms with Gasteiger partial charge in [0.15, 0.2) is 5.96 Å². The van der Waals surface area contributed by atoms with E-state index in [2.05, 4.69) is 64.9 Å². The van der Waals surface area contributed by atoms with Crippen molar-refractivity contribution in [1.82, 2.24) is 19.8 Å². The molecule has 1 unspecified atom stereocenters. The normalized spacial score (nSPS) is 17.7. The fraction of sp³-hybridized carbons (Fsp3) is 0.391. The molecule has 2 aromatic carbocycles. The predicted octanol–water partition coefficient (Wildman–Crippen LogP) is 3.34. The summed E-state index contributed by atoms with van der Waals surface area (Å²) in [5.74, 6) is 1.88. The minimum atomic E-state index is 0.0543. The maximum atomic E-state index is 6.09. The molecule has 0 saturated carbocycles. The van der Waals surface area contributed by atoms with Crippen LogP contribution in [0.15, 0.2) is 47.5 Å². The zero-order valence-electron chi connectivity index (χ0n) is 17.6. The third-order valence-electron chi connectivity index (χ3n) is 5.63. The van der Waals surface area contributed by atoms with Gasteiger partial charge in [0.1, 0.15) is 11.9 Å². The van der Waals surface area contributed by atoms with Crippen molar-refractivity contribution in [3.63, 3.8) is 0 Å². The number of fused-ring (bicyclic) bond motifs is 1. The average Bonchev–Trinajstić information content (AvgIpc) is 3.05. The molecule has 6 nitrogen and oxygen atoms in total. The van der Waals surface area contributed by atoms with Crippen molar-refractivity contribution in [2.45, 2.75) is 26.5 Å². The summed E-state index contributed by atoms with van der Waals surface area (Å²) < 4.78 is 8.22. The van der Waals surface area contributed by atoms with Gasteiger partial charge in [0, 0.05) is 20.6 Å². The molecular weight excluding hydrogens is 362 g/mol. The number of ether oxygens (including phenoxy) is 1. The smallest absolute Gasteiger partial charge is 0.194 e. The summed E-state index contributed by atoms with van der Waals surface area (Å²) in [4.78, 5) is 11.5. The van der Waals surface area contributed by atoms with Crippen LogP contribution in [0, 0.1) is 13.8 Å². The maximum Gasteiger partial charge on any atom is 0.194 e. The van der Waals surface area contributed by atoms with Gasteiger partial charge < -0.3 is 19.5 Å². The van der Waals surface area contributed by atoms with Gasteiger partial charge in [-0.25, -0.2) is 4.98 Å². The number of hydrogen-bond acceptors (Lipinski definition) is 3. The Labute approximate surface area is 172 Å². The number of guanidine groups is 1. The summed E-state index contributed by atoms with van der Waals surface area (Å²) in [6, 6.07) is 14.8. The minimum absolute atomic E-state index is 0.0543. The number of aromatic nitrogens is 2. The van der Waals surface area contributed by atoms with E-state index in [1.165, 1.54) is 16.7 Å². The van der Waals surface area contributed by atoms with Crippen LogP contribution in [0.3, 0.4) is 0 Å². The average molecular weight is 392 g/mol. The van der Waals surface area contributed by atoms with Crippen LogP contribution < -0.4 is 5.32 Å². The first-order chi connectivity index (χ1) is 14.1. The molecular formula is C23H29N5O. The molecule has 1 atom stereocenters. The maximum absolute atomic E-state index is 6.09. The third kappa shape index (κ3) is 3.98. The van der Waals surface area contributed by atoms with Crippen LogP contribution in [-0.4, -0.2) is 47.2 Å². The molecule has 3 aromatic rings. The second-order valence-electron chi connectivity index (χ2n) is 7.64. The van der Waals surface area contributed by atoms with Crippen LogP contribution in [0.5, 0.6) is 0 Å². The molecule has 29 heavy (non-hydrogen) atoms. The Hall–Kier alpha value is -2.86. The number of para-hydroxylation sites is 2. The zero-order chi connectivity index (χ0) is 20.4. The molecule has 1 N–H and O–H groups in total. The summed E-state index contributed by atoms with van der Waals surface area (Å²) in [5.41, 5.74) is 5.97. The zero-order valence-corrected chi connectivity index (χ0v) is 17.6. The van der Waals surface area contributed by atoms with Gasteiger partial charge in [-0.3, -0.25) is 4.99 Å². The lowest BCUT2D eigenvalue weighted by atomic mass is 10.00. The molecule has 1 aliphatic heterocycles. The first kappa shape index (κ1) is 19.5. The highest BCUT2D eigenvalue weighted by Crippen LogP contribution is 2.26. The number of aryl methyl sites for hydroxylation is 3. The second kappa shape index (κ2) is 8.25. The summed E-state index contributed by atoms with van der Waals surface area (Å²) >= 11 is 0. The molecule has 1 aliphatic rings. The van der Waals surface area contributed by atoms with Crippen LogP contribution in [0.4, 0.5) is 0 Å². The van der Waals surface area contributed by atoms with Crippen LogP contribution in [0.2, 0.25) is 0 Å². The van der Waals surface area contributed by atoms with Crippen molar-refractivity contribution in [2.75, 3.05) is 26.7 Å². The van der Waals surface area contributed by atoms with Gasteiger partial charge >= 0.3 is 0 Å². The van der Waals surface area contributed by atoms with Crippen LogP contribution in [-0.2, 0) is 18.3 Å². The fourth-order valence-corrected chi connectivity index (χ4v) is 4.06. The van der Waals surface area contributed by atoms with E-state index >= 15 is 0 Å². The molecule has 152 valence electrons. The lowest BCUT2D eigenvalue weighted by Crippen LogP contribution is -2.48. The first-order valence-corrected chi connectivity index (χ1v) is 10.1. The monoisotopic (exact) mass is 391 g/mol. The van der Waals surface area contributed by atoms with Gasteiger partial charge in [-0.1, -0.05) is 35.9 Å². The van der Waals surface area contributed by atoms with Crippen molar-refractivity contribution in [3.05, 3.63) is 65.0 Å². The number of hydrogen-bond donors (Lipinski definition) is 1. The summed E-state index contributed by atoms with van der Waals surface area (Å²) in [6.07, 6.45) is 0.0543. The summed E-state index contributed by atoms with van der Waals surface area (Å²) in [6.45, 7) is 7.20. The second-order valence-corrected chi connectivity index (χ2v) is 7.64. The van der Waals surface area contributed by atoms with Gasteiger partial charge in [-0.2, -0.15) is 0 Å². The van der Waals surface area contributed by atoms with E-state index < -0.39 is 0 Å². The van der Waals surface area contributed by atoms with Crippen molar-refractivity contribution in [1.29, 1.82) is 0 Å². The Balaban J connectivity index is 1.46. The van der Waals surface area contributed by atoms with Gasteiger partial charge in [0.2, 0.25) is 0 Å². The van der Waals surface area contributed by atoms with Crippen molar-refractivity contribution in [2.24, 2.45) is 12.0 Å². The quantitative estimate of drug-likeness (QED) is 0.550. The van der Waals surface area contributed by atoms with Gasteiger partial charge in [0.25, 0.3) is 0 Å². The molecule has 1 saturated heterocycles. The Morgan fingerprint density at radius 1 is 1.24 bits per heavy atom. The van der Waals surface area contributed by atoms with Gasteiger partial charge in [0.05, 0.1) is 30.7 Å². The number of nitrogens with one attached hydrogen (secondary N) is 1. The highest BCUT2D eigenvalue weighted by molar-refractivity contribution is 5.80. The largest absolute Gasteiger partial charge is 0.370 e. The van der Waals surface area contributed by atoms with E-state index in [0.717, 1.165) is 35.9 Å². The topological polar surface area (TPSA) is 54.7 Å².